The number of rotatable bonds is 5. The van der Waals surface area contributed by atoms with Crippen LogP contribution in [0.2, 0.25) is 0 Å². The number of pyridine rings is 1. The standard InChI is InChI=1S/C14H22N2O2/c1-6-14(5,7-2)16-12-11(13(17)18)9(3)8-10(4)15-12/h8H,6-7H2,1-5H3,(H,15,16)(H,17,18). The van der Waals surface area contributed by atoms with E-state index in [4.69, 9.17) is 0 Å². The summed E-state index contributed by atoms with van der Waals surface area (Å²) in [6.45, 7) is 9.93. The second-order valence-corrected chi connectivity index (χ2v) is 5.00. The molecule has 4 heteroatoms. The van der Waals surface area contributed by atoms with Gasteiger partial charge in [-0.15, -0.1) is 0 Å². The number of aromatic carboxylic acids is 1. The van der Waals surface area contributed by atoms with E-state index < -0.39 is 5.97 Å². The first-order chi connectivity index (χ1) is 8.33. The molecule has 100 valence electrons. The van der Waals surface area contributed by atoms with E-state index in [0.717, 1.165) is 24.1 Å². The van der Waals surface area contributed by atoms with Crippen LogP contribution >= 0.6 is 0 Å². The van der Waals surface area contributed by atoms with Crippen molar-refractivity contribution in [1.82, 2.24) is 4.98 Å². The average Bonchev–Trinajstić information content (AvgIpc) is 2.27. The van der Waals surface area contributed by atoms with Crippen LogP contribution in [0.5, 0.6) is 0 Å². The van der Waals surface area contributed by atoms with Gasteiger partial charge in [0.25, 0.3) is 0 Å². The maximum Gasteiger partial charge on any atom is 0.339 e. The SMILES string of the molecule is CCC(C)(CC)Nc1nc(C)cc(C)c1C(=O)O. The van der Waals surface area contributed by atoms with E-state index in [0.29, 0.717) is 5.82 Å². The molecule has 0 atom stereocenters. The smallest absolute Gasteiger partial charge is 0.339 e. The monoisotopic (exact) mass is 250 g/mol. The van der Waals surface area contributed by atoms with Crippen molar-refractivity contribution in [3.63, 3.8) is 0 Å². The van der Waals surface area contributed by atoms with Gasteiger partial charge < -0.3 is 10.4 Å². The lowest BCUT2D eigenvalue weighted by atomic mass is 9.95. The fourth-order valence-electron chi connectivity index (χ4n) is 1.91. The number of hydrogen-bond acceptors (Lipinski definition) is 3. The summed E-state index contributed by atoms with van der Waals surface area (Å²) in [4.78, 5) is 15.7. The normalized spacial score (nSPS) is 11.4. The summed E-state index contributed by atoms with van der Waals surface area (Å²) in [6.07, 6.45) is 1.83. The predicted molar refractivity (Wildman–Crippen MR) is 73.3 cm³/mol. The van der Waals surface area contributed by atoms with Crippen molar-refractivity contribution in [1.29, 1.82) is 0 Å². The summed E-state index contributed by atoms with van der Waals surface area (Å²) < 4.78 is 0. The second-order valence-electron chi connectivity index (χ2n) is 5.00. The van der Waals surface area contributed by atoms with Gasteiger partial charge in [-0.2, -0.15) is 0 Å². The first-order valence-electron chi connectivity index (χ1n) is 6.32. The molecular weight excluding hydrogens is 228 g/mol. The number of carboxylic acids is 1. The van der Waals surface area contributed by atoms with E-state index >= 15 is 0 Å². The van der Waals surface area contributed by atoms with E-state index in [1.54, 1.807) is 13.0 Å². The highest BCUT2D eigenvalue weighted by Crippen LogP contribution is 2.25. The maximum atomic E-state index is 11.3. The molecule has 0 aliphatic rings. The van der Waals surface area contributed by atoms with E-state index in [1.165, 1.54) is 0 Å². The largest absolute Gasteiger partial charge is 0.478 e. The van der Waals surface area contributed by atoms with Gasteiger partial charge in [-0.25, -0.2) is 9.78 Å². The molecule has 0 saturated heterocycles. The summed E-state index contributed by atoms with van der Waals surface area (Å²) in [7, 11) is 0. The molecule has 18 heavy (non-hydrogen) atoms. The highest BCUT2D eigenvalue weighted by atomic mass is 16.4. The number of anilines is 1. The topological polar surface area (TPSA) is 62.2 Å². The third-order valence-corrected chi connectivity index (χ3v) is 3.54. The zero-order valence-corrected chi connectivity index (χ0v) is 11.8. The Morgan fingerprint density at radius 1 is 1.39 bits per heavy atom. The highest BCUT2D eigenvalue weighted by Gasteiger charge is 2.24. The van der Waals surface area contributed by atoms with Gasteiger partial charge in [-0.3, -0.25) is 0 Å². The zero-order valence-electron chi connectivity index (χ0n) is 11.8. The minimum absolute atomic E-state index is 0.128. The molecule has 0 aromatic carbocycles. The van der Waals surface area contributed by atoms with Crippen LogP contribution in [0, 0.1) is 13.8 Å². The molecule has 4 nitrogen and oxygen atoms in total. The summed E-state index contributed by atoms with van der Waals surface area (Å²) >= 11 is 0. The van der Waals surface area contributed by atoms with Gasteiger partial charge in [0.05, 0.1) is 0 Å². The zero-order chi connectivity index (χ0) is 13.9. The highest BCUT2D eigenvalue weighted by molar-refractivity contribution is 5.95. The molecule has 0 bridgehead atoms. The van der Waals surface area contributed by atoms with Crippen LogP contribution in [0.1, 0.15) is 55.2 Å². The minimum atomic E-state index is -0.933. The van der Waals surface area contributed by atoms with Gasteiger partial charge >= 0.3 is 5.97 Å². The Bertz CT molecular complexity index is 451. The molecule has 1 rings (SSSR count). The lowest BCUT2D eigenvalue weighted by Crippen LogP contribution is -2.34. The molecule has 0 aliphatic heterocycles. The predicted octanol–water partition coefficient (Wildman–Crippen LogP) is 3.39. The molecule has 1 heterocycles. The molecule has 0 unspecified atom stereocenters. The second kappa shape index (κ2) is 5.38. The Morgan fingerprint density at radius 2 is 1.94 bits per heavy atom. The minimum Gasteiger partial charge on any atom is -0.478 e. The lowest BCUT2D eigenvalue weighted by molar-refractivity contribution is 0.0696. The molecule has 2 N–H and O–H groups in total. The molecule has 0 saturated carbocycles. The fraction of sp³-hybridized carbons (Fsp3) is 0.571. The van der Waals surface area contributed by atoms with Crippen LogP contribution in [0.15, 0.2) is 6.07 Å². The van der Waals surface area contributed by atoms with Crippen molar-refractivity contribution >= 4 is 11.8 Å². The lowest BCUT2D eigenvalue weighted by Gasteiger charge is -2.30. The van der Waals surface area contributed by atoms with Crippen molar-refractivity contribution in [3.8, 4) is 0 Å². The Morgan fingerprint density at radius 3 is 2.39 bits per heavy atom. The van der Waals surface area contributed by atoms with Crippen molar-refractivity contribution in [2.75, 3.05) is 5.32 Å². The Labute approximate surface area is 108 Å². The average molecular weight is 250 g/mol. The number of nitrogens with one attached hydrogen (secondary N) is 1. The maximum absolute atomic E-state index is 11.3. The van der Waals surface area contributed by atoms with Crippen LogP contribution in [0.3, 0.4) is 0 Å². The van der Waals surface area contributed by atoms with Crippen LogP contribution in [0.25, 0.3) is 0 Å². The number of hydrogen-bond donors (Lipinski definition) is 2. The van der Waals surface area contributed by atoms with Gasteiger partial charge in [0.15, 0.2) is 0 Å². The van der Waals surface area contributed by atoms with Gasteiger partial charge in [0, 0.05) is 11.2 Å². The molecule has 1 aromatic heterocycles. The third-order valence-electron chi connectivity index (χ3n) is 3.54. The molecule has 0 amide bonds. The summed E-state index contributed by atoms with van der Waals surface area (Å²) in [5.74, 6) is -0.455. The molecule has 1 aromatic rings. The van der Waals surface area contributed by atoms with Crippen molar-refractivity contribution < 1.29 is 9.90 Å². The first-order valence-corrected chi connectivity index (χ1v) is 6.32. The Kier molecular flexibility index (Phi) is 4.33. The number of carbonyl (C=O) groups is 1. The molecular formula is C14H22N2O2. The summed E-state index contributed by atoms with van der Waals surface area (Å²) in [6, 6.07) is 1.80. The van der Waals surface area contributed by atoms with Crippen molar-refractivity contribution in [2.45, 2.75) is 53.0 Å². The number of carboxylic acid groups (broad SMARTS) is 1. The Balaban J connectivity index is 3.27. The van der Waals surface area contributed by atoms with Gasteiger partial charge in [-0.05, 0) is 45.2 Å². The number of aromatic nitrogens is 1. The summed E-state index contributed by atoms with van der Waals surface area (Å²) in [5.41, 5.74) is 1.72. The number of nitrogens with zero attached hydrogens (tertiary/aromatic N) is 1. The quantitative estimate of drug-likeness (QED) is 0.841. The van der Waals surface area contributed by atoms with Gasteiger partial charge in [-0.1, -0.05) is 13.8 Å². The van der Waals surface area contributed by atoms with Crippen LogP contribution < -0.4 is 5.32 Å². The van der Waals surface area contributed by atoms with Gasteiger partial charge in [0.2, 0.25) is 0 Å². The fourth-order valence-corrected chi connectivity index (χ4v) is 1.91. The van der Waals surface area contributed by atoms with E-state index in [9.17, 15) is 9.90 Å². The van der Waals surface area contributed by atoms with Crippen LogP contribution in [-0.4, -0.2) is 21.6 Å². The van der Waals surface area contributed by atoms with E-state index in [-0.39, 0.29) is 11.1 Å². The third kappa shape index (κ3) is 3.00. The van der Waals surface area contributed by atoms with Crippen LogP contribution in [-0.2, 0) is 0 Å². The molecule has 0 spiro atoms. The molecule has 0 aliphatic carbocycles. The van der Waals surface area contributed by atoms with E-state index in [1.807, 2.05) is 6.92 Å². The van der Waals surface area contributed by atoms with Gasteiger partial charge in [0.1, 0.15) is 11.4 Å². The first kappa shape index (κ1) is 14.5. The summed E-state index contributed by atoms with van der Waals surface area (Å²) in [5, 5.41) is 12.6. The van der Waals surface area contributed by atoms with Crippen molar-refractivity contribution in [3.05, 3.63) is 22.9 Å². The number of aryl methyl sites for hydroxylation is 2. The van der Waals surface area contributed by atoms with E-state index in [2.05, 4.69) is 31.1 Å². The molecule has 0 fully saturated rings. The van der Waals surface area contributed by atoms with Crippen LogP contribution in [0.4, 0.5) is 5.82 Å². The van der Waals surface area contributed by atoms with Crippen molar-refractivity contribution in [2.24, 2.45) is 0 Å². The Hall–Kier alpha value is -1.58. The molecule has 0 radical (unpaired) electrons.